The van der Waals surface area contributed by atoms with Crippen LogP contribution in [-0.4, -0.2) is 35.1 Å². The second-order valence-electron chi connectivity index (χ2n) is 4.84. The fraction of sp³-hybridized carbons (Fsp3) is 0.385. The number of halogens is 3. The highest BCUT2D eigenvalue weighted by molar-refractivity contribution is 9.10. The number of carboxylic acids is 1. The molecule has 0 saturated carbocycles. The van der Waals surface area contributed by atoms with E-state index in [0.29, 0.717) is 6.07 Å². The highest BCUT2D eigenvalue weighted by Crippen LogP contribution is 2.24. The summed E-state index contributed by atoms with van der Waals surface area (Å²) in [6.45, 7) is 3.32. The number of aliphatic carboxylic acids is 1. The van der Waals surface area contributed by atoms with Gasteiger partial charge in [0.1, 0.15) is 18.2 Å². The number of amides is 2. The molecule has 2 amide bonds. The predicted molar refractivity (Wildman–Crippen MR) is 77.1 cm³/mol. The van der Waals surface area contributed by atoms with Gasteiger partial charge in [-0.3, -0.25) is 4.79 Å². The molecule has 0 aliphatic carbocycles. The summed E-state index contributed by atoms with van der Waals surface area (Å²) in [4.78, 5) is 23.8. The summed E-state index contributed by atoms with van der Waals surface area (Å²) in [5.41, 5.74) is -0.229. The van der Waals surface area contributed by atoms with E-state index in [1.54, 1.807) is 0 Å². The van der Waals surface area contributed by atoms with Gasteiger partial charge in [0.05, 0.1) is 10.2 Å². The van der Waals surface area contributed by atoms with Crippen molar-refractivity contribution in [2.75, 3.05) is 18.4 Å². The van der Waals surface area contributed by atoms with E-state index in [4.69, 9.17) is 5.11 Å². The first kappa shape index (κ1) is 17.4. The summed E-state index contributed by atoms with van der Waals surface area (Å²) in [6.07, 6.45) is 0. The topological polar surface area (TPSA) is 69.6 Å². The van der Waals surface area contributed by atoms with Crippen LogP contribution in [0.2, 0.25) is 0 Å². The number of carboxylic acid groups (broad SMARTS) is 1. The van der Waals surface area contributed by atoms with Crippen molar-refractivity contribution in [2.45, 2.75) is 13.8 Å². The minimum Gasteiger partial charge on any atom is -0.480 e. The van der Waals surface area contributed by atoms with Gasteiger partial charge in [-0.25, -0.2) is 13.6 Å². The number of rotatable bonds is 5. The average molecular weight is 365 g/mol. The lowest BCUT2D eigenvalue weighted by molar-refractivity contribution is -0.137. The quantitative estimate of drug-likeness (QED) is 0.787. The molecule has 0 aliphatic heterocycles. The highest BCUT2D eigenvalue weighted by atomic mass is 79.9. The molecule has 0 radical (unpaired) electrons. The summed E-state index contributed by atoms with van der Waals surface area (Å²) in [7, 11) is 0. The van der Waals surface area contributed by atoms with Crippen LogP contribution in [0.15, 0.2) is 16.6 Å². The van der Waals surface area contributed by atoms with Crippen LogP contribution in [0.25, 0.3) is 0 Å². The molecule has 0 heterocycles. The van der Waals surface area contributed by atoms with E-state index in [-0.39, 0.29) is 22.6 Å². The maximum atomic E-state index is 13.6. The van der Waals surface area contributed by atoms with Crippen molar-refractivity contribution in [2.24, 2.45) is 5.92 Å². The van der Waals surface area contributed by atoms with Crippen molar-refractivity contribution in [3.63, 3.8) is 0 Å². The van der Waals surface area contributed by atoms with Crippen LogP contribution in [0.5, 0.6) is 0 Å². The Morgan fingerprint density at radius 3 is 2.48 bits per heavy atom. The lowest BCUT2D eigenvalue weighted by Gasteiger charge is -2.23. The number of anilines is 1. The van der Waals surface area contributed by atoms with Gasteiger partial charge in [0, 0.05) is 12.6 Å². The zero-order valence-corrected chi connectivity index (χ0v) is 13.1. The summed E-state index contributed by atoms with van der Waals surface area (Å²) >= 11 is 2.89. The summed E-state index contributed by atoms with van der Waals surface area (Å²) in [6, 6.07) is 0.948. The Labute approximate surface area is 129 Å². The average Bonchev–Trinajstić information content (AvgIpc) is 2.33. The van der Waals surface area contributed by atoms with Gasteiger partial charge < -0.3 is 15.3 Å². The van der Waals surface area contributed by atoms with Gasteiger partial charge in [0.25, 0.3) is 0 Å². The Morgan fingerprint density at radius 2 is 1.95 bits per heavy atom. The van der Waals surface area contributed by atoms with Crippen molar-refractivity contribution < 1.29 is 23.5 Å². The molecule has 0 saturated heterocycles. The van der Waals surface area contributed by atoms with Gasteiger partial charge in [-0.2, -0.15) is 0 Å². The SMILES string of the molecule is CC(C)CN(CC(=O)O)C(=O)Nc1cc(Br)c(F)cc1F. The van der Waals surface area contributed by atoms with E-state index in [1.165, 1.54) is 0 Å². The second-order valence-corrected chi connectivity index (χ2v) is 5.70. The fourth-order valence-corrected chi connectivity index (χ4v) is 1.98. The molecule has 5 nitrogen and oxygen atoms in total. The largest absolute Gasteiger partial charge is 0.480 e. The number of carbonyl (C=O) groups excluding carboxylic acids is 1. The Morgan fingerprint density at radius 1 is 1.33 bits per heavy atom. The van der Waals surface area contributed by atoms with Crippen molar-refractivity contribution in [3.8, 4) is 0 Å². The van der Waals surface area contributed by atoms with Gasteiger partial charge in [-0.05, 0) is 27.9 Å². The van der Waals surface area contributed by atoms with E-state index in [1.807, 2.05) is 13.8 Å². The molecule has 0 fully saturated rings. The zero-order chi connectivity index (χ0) is 16.2. The van der Waals surface area contributed by atoms with Crippen LogP contribution < -0.4 is 5.32 Å². The minimum atomic E-state index is -1.17. The molecule has 1 aromatic rings. The third-order valence-corrected chi connectivity index (χ3v) is 3.06. The van der Waals surface area contributed by atoms with Gasteiger partial charge in [0.2, 0.25) is 0 Å². The molecule has 0 spiro atoms. The Bertz CT molecular complexity index is 552. The molecular weight excluding hydrogens is 350 g/mol. The number of urea groups is 1. The van der Waals surface area contributed by atoms with Crippen LogP contribution in [-0.2, 0) is 4.79 Å². The maximum absolute atomic E-state index is 13.6. The van der Waals surface area contributed by atoms with E-state index >= 15 is 0 Å². The number of hydrogen-bond donors (Lipinski definition) is 2. The Hall–Kier alpha value is -1.70. The lowest BCUT2D eigenvalue weighted by atomic mass is 10.2. The van der Waals surface area contributed by atoms with Crippen LogP contribution in [0.1, 0.15) is 13.8 Å². The number of nitrogens with zero attached hydrogens (tertiary/aromatic N) is 1. The van der Waals surface area contributed by atoms with Crippen LogP contribution >= 0.6 is 15.9 Å². The van der Waals surface area contributed by atoms with Crippen molar-refractivity contribution in [1.29, 1.82) is 0 Å². The smallest absolute Gasteiger partial charge is 0.323 e. The summed E-state index contributed by atoms with van der Waals surface area (Å²) in [5.74, 6) is -2.87. The summed E-state index contributed by atoms with van der Waals surface area (Å²) in [5, 5.41) is 11.0. The third kappa shape index (κ3) is 5.30. The summed E-state index contributed by atoms with van der Waals surface area (Å²) < 4.78 is 26.7. The fourth-order valence-electron chi connectivity index (χ4n) is 1.64. The van der Waals surface area contributed by atoms with Crippen molar-refractivity contribution in [3.05, 3.63) is 28.2 Å². The molecule has 8 heteroatoms. The van der Waals surface area contributed by atoms with Crippen LogP contribution in [0.4, 0.5) is 19.3 Å². The normalized spacial score (nSPS) is 10.6. The third-order valence-electron chi connectivity index (χ3n) is 2.45. The van der Waals surface area contributed by atoms with Crippen molar-refractivity contribution in [1.82, 2.24) is 4.90 Å². The molecule has 0 bridgehead atoms. The second kappa shape index (κ2) is 7.35. The Balaban J connectivity index is 2.90. The highest BCUT2D eigenvalue weighted by Gasteiger charge is 2.19. The monoisotopic (exact) mass is 364 g/mol. The molecular formula is C13H15BrF2N2O3. The molecule has 0 atom stereocenters. The van der Waals surface area contributed by atoms with Crippen LogP contribution in [0, 0.1) is 17.6 Å². The number of benzene rings is 1. The number of nitrogens with one attached hydrogen (secondary N) is 1. The molecule has 0 unspecified atom stereocenters. The first-order chi connectivity index (χ1) is 9.70. The van der Waals surface area contributed by atoms with Crippen molar-refractivity contribution >= 4 is 33.6 Å². The van der Waals surface area contributed by atoms with Gasteiger partial charge in [-0.1, -0.05) is 13.8 Å². The number of hydrogen-bond acceptors (Lipinski definition) is 2. The minimum absolute atomic E-state index is 0.00663. The first-order valence-corrected chi connectivity index (χ1v) is 6.92. The molecule has 21 heavy (non-hydrogen) atoms. The van der Waals surface area contributed by atoms with E-state index < -0.39 is 30.2 Å². The van der Waals surface area contributed by atoms with Gasteiger partial charge in [-0.15, -0.1) is 0 Å². The molecule has 2 N–H and O–H groups in total. The standard InChI is InChI=1S/C13H15BrF2N2O3/c1-7(2)5-18(6-12(19)20)13(21)17-11-3-8(14)9(15)4-10(11)16/h3-4,7H,5-6H2,1-2H3,(H,17,21)(H,19,20). The number of carbonyl (C=O) groups is 2. The van der Waals surface area contributed by atoms with E-state index in [9.17, 15) is 18.4 Å². The molecule has 116 valence electrons. The zero-order valence-electron chi connectivity index (χ0n) is 11.5. The lowest BCUT2D eigenvalue weighted by Crippen LogP contribution is -2.41. The maximum Gasteiger partial charge on any atom is 0.323 e. The molecule has 1 aromatic carbocycles. The predicted octanol–water partition coefficient (Wildman–Crippen LogP) is 3.30. The van der Waals surface area contributed by atoms with Gasteiger partial charge >= 0.3 is 12.0 Å². The van der Waals surface area contributed by atoms with Crippen LogP contribution in [0.3, 0.4) is 0 Å². The first-order valence-electron chi connectivity index (χ1n) is 6.13. The molecule has 1 rings (SSSR count). The Kier molecular flexibility index (Phi) is 6.07. The van der Waals surface area contributed by atoms with Gasteiger partial charge in [0.15, 0.2) is 0 Å². The van der Waals surface area contributed by atoms with E-state index in [0.717, 1.165) is 11.0 Å². The molecule has 0 aliphatic rings. The van der Waals surface area contributed by atoms with E-state index in [2.05, 4.69) is 21.2 Å². The molecule has 0 aromatic heterocycles.